The number of hydrogen-bond donors (Lipinski definition) is 0. The van der Waals surface area contributed by atoms with E-state index in [4.69, 9.17) is 9.47 Å². The van der Waals surface area contributed by atoms with E-state index in [9.17, 15) is 10.1 Å². The second-order valence-corrected chi connectivity index (χ2v) is 5.03. The lowest BCUT2D eigenvalue weighted by Gasteiger charge is -2.34. The fourth-order valence-electron chi connectivity index (χ4n) is 2.55. The monoisotopic (exact) mass is 268 g/mol. The zero-order valence-corrected chi connectivity index (χ0v) is 12.0. The molecule has 0 unspecified atom stereocenters. The molecule has 0 spiro atoms. The third-order valence-corrected chi connectivity index (χ3v) is 3.75. The molecular formula is C14H24N2O3. The Hall–Kier alpha value is -1.12. The Morgan fingerprint density at radius 1 is 1.16 bits per heavy atom. The summed E-state index contributed by atoms with van der Waals surface area (Å²) in [5, 5.41) is 9.45. The average Bonchev–Trinajstić information content (AvgIpc) is 2.47. The van der Waals surface area contributed by atoms with Crippen LogP contribution < -0.4 is 0 Å². The first kappa shape index (κ1) is 15.9. The molecule has 1 fully saturated rings. The van der Waals surface area contributed by atoms with Gasteiger partial charge >= 0.3 is 0 Å². The van der Waals surface area contributed by atoms with Gasteiger partial charge in [0.05, 0.1) is 19.3 Å². The van der Waals surface area contributed by atoms with Gasteiger partial charge in [0.1, 0.15) is 5.41 Å². The highest BCUT2D eigenvalue weighted by Crippen LogP contribution is 2.37. The van der Waals surface area contributed by atoms with Crippen molar-refractivity contribution in [3.05, 3.63) is 0 Å². The minimum Gasteiger partial charge on any atom is -0.383 e. The van der Waals surface area contributed by atoms with Gasteiger partial charge < -0.3 is 14.4 Å². The van der Waals surface area contributed by atoms with E-state index in [2.05, 4.69) is 6.07 Å². The Kier molecular flexibility index (Phi) is 6.82. The van der Waals surface area contributed by atoms with Crippen LogP contribution in [0.15, 0.2) is 0 Å². The quantitative estimate of drug-likeness (QED) is 0.703. The van der Waals surface area contributed by atoms with Gasteiger partial charge in [0.15, 0.2) is 0 Å². The van der Waals surface area contributed by atoms with Crippen LogP contribution in [0.25, 0.3) is 0 Å². The molecule has 0 bridgehead atoms. The fraction of sp³-hybridized carbons (Fsp3) is 0.857. The molecular weight excluding hydrogens is 244 g/mol. The summed E-state index contributed by atoms with van der Waals surface area (Å²) >= 11 is 0. The number of carbonyl (C=O) groups is 1. The molecule has 1 saturated carbocycles. The summed E-state index contributed by atoms with van der Waals surface area (Å²) in [7, 11) is 3.22. The lowest BCUT2D eigenvalue weighted by atomic mass is 9.74. The third-order valence-electron chi connectivity index (χ3n) is 3.75. The molecule has 0 heterocycles. The largest absolute Gasteiger partial charge is 0.383 e. The van der Waals surface area contributed by atoms with Crippen molar-refractivity contribution in [2.45, 2.75) is 32.1 Å². The molecule has 0 N–H and O–H groups in total. The molecule has 1 amide bonds. The number of amides is 1. The van der Waals surface area contributed by atoms with Crippen LogP contribution in [0, 0.1) is 16.7 Å². The number of hydrogen-bond acceptors (Lipinski definition) is 4. The van der Waals surface area contributed by atoms with Gasteiger partial charge in [0, 0.05) is 27.3 Å². The molecule has 0 aromatic heterocycles. The maximum atomic E-state index is 12.7. The second kappa shape index (κ2) is 8.13. The van der Waals surface area contributed by atoms with E-state index < -0.39 is 5.41 Å². The highest BCUT2D eigenvalue weighted by Gasteiger charge is 2.42. The van der Waals surface area contributed by atoms with Crippen molar-refractivity contribution in [1.82, 2.24) is 4.90 Å². The zero-order chi connectivity index (χ0) is 14.1. The van der Waals surface area contributed by atoms with Gasteiger partial charge in [-0.3, -0.25) is 4.79 Å². The first-order chi connectivity index (χ1) is 9.20. The second-order valence-electron chi connectivity index (χ2n) is 5.03. The van der Waals surface area contributed by atoms with Gasteiger partial charge in [0.2, 0.25) is 5.91 Å². The third kappa shape index (κ3) is 4.19. The van der Waals surface area contributed by atoms with Gasteiger partial charge in [0.25, 0.3) is 0 Å². The van der Waals surface area contributed by atoms with Crippen molar-refractivity contribution in [3.8, 4) is 6.07 Å². The van der Waals surface area contributed by atoms with E-state index in [1.165, 1.54) is 0 Å². The van der Waals surface area contributed by atoms with Crippen LogP contribution in [-0.4, -0.2) is 51.3 Å². The number of ether oxygens (including phenoxy) is 2. The maximum absolute atomic E-state index is 12.7. The Bertz CT molecular complexity index is 311. The lowest BCUT2D eigenvalue weighted by Crippen LogP contribution is -2.46. The fourth-order valence-corrected chi connectivity index (χ4v) is 2.55. The minimum absolute atomic E-state index is 0.0520. The summed E-state index contributed by atoms with van der Waals surface area (Å²) in [6, 6.07) is 2.28. The molecule has 108 valence electrons. The van der Waals surface area contributed by atoms with E-state index in [1.54, 1.807) is 19.1 Å². The topological polar surface area (TPSA) is 62.6 Å². The molecule has 0 aromatic rings. The van der Waals surface area contributed by atoms with Gasteiger partial charge in [-0.05, 0) is 12.8 Å². The van der Waals surface area contributed by atoms with Gasteiger partial charge in [-0.25, -0.2) is 0 Å². The normalized spacial score (nSPS) is 17.7. The number of nitrogens with zero attached hydrogens (tertiary/aromatic N) is 2. The Labute approximate surface area is 115 Å². The molecule has 5 nitrogen and oxygen atoms in total. The van der Waals surface area contributed by atoms with E-state index in [1.807, 2.05) is 0 Å². The highest BCUT2D eigenvalue weighted by molar-refractivity contribution is 5.85. The van der Waals surface area contributed by atoms with Crippen molar-refractivity contribution in [2.24, 2.45) is 5.41 Å². The minimum atomic E-state index is -0.820. The van der Waals surface area contributed by atoms with E-state index in [0.29, 0.717) is 39.1 Å². The molecule has 0 atom stereocenters. The molecule has 1 aliphatic carbocycles. The first-order valence-corrected chi connectivity index (χ1v) is 6.88. The molecule has 1 aliphatic rings. The molecule has 0 aromatic carbocycles. The van der Waals surface area contributed by atoms with Crippen molar-refractivity contribution >= 4 is 5.91 Å². The molecule has 0 saturated heterocycles. The van der Waals surface area contributed by atoms with E-state index >= 15 is 0 Å². The number of carbonyl (C=O) groups excluding carboxylic acids is 1. The van der Waals surface area contributed by atoms with E-state index in [0.717, 1.165) is 19.3 Å². The maximum Gasteiger partial charge on any atom is 0.243 e. The molecule has 0 aliphatic heterocycles. The first-order valence-electron chi connectivity index (χ1n) is 6.88. The highest BCUT2D eigenvalue weighted by atomic mass is 16.5. The standard InChI is InChI=1S/C14H24N2O3/c1-18-10-8-16(9-11-19-2)13(17)14(12-15)6-4-3-5-7-14/h3-11H2,1-2H3. The van der Waals surface area contributed by atoms with Crippen LogP contribution in [0.1, 0.15) is 32.1 Å². The number of rotatable bonds is 7. The zero-order valence-electron chi connectivity index (χ0n) is 12.0. The SMILES string of the molecule is COCCN(CCOC)C(=O)C1(C#N)CCCCC1. The summed E-state index contributed by atoms with van der Waals surface area (Å²) in [6.07, 6.45) is 4.40. The smallest absolute Gasteiger partial charge is 0.243 e. The Morgan fingerprint density at radius 2 is 1.68 bits per heavy atom. The van der Waals surface area contributed by atoms with Crippen LogP contribution in [0.2, 0.25) is 0 Å². The average molecular weight is 268 g/mol. The lowest BCUT2D eigenvalue weighted by molar-refractivity contribution is -0.142. The van der Waals surface area contributed by atoms with Gasteiger partial charge in [-0.1, -0.05) is 19.3 Å². The predicted octanol–water partition coefficient (Wildman–Crippen LogP) is 1.58. The summed E-state index contributed by atoms with van der Waals surface area (Å²) in [4.78, 5) is 14.4. The number of nitriles is 1. The summed E-state index contributed by atoms with van der Waals surface area (Å²) < 4.78 is 10.1. The summed E-state index contributed by atoms with van der Waals surface area (Å²) in [5.74, 6) is -0.0520. The molecule has 1 rings (SSSR count). The molecule has 5 heteroatoms. The number of methoxy groups -OCH3 is 2. The van der Waals surface area contributed by atoms with Crippen molar-refractivity contribution in [1.29, 1.82) is 5.26 Å². The summed E-state index contributed by atoms with van der Waals surface area (Å²) in [6.45, 7) is 2.00. The van der Waals surface area contributed by atoms with Crippen LogP contribution >= 0.6 is 0 Å². The molecule has 0 radical (unpaired) electrons. The van der Waals surface area contributed by atoms with Crippen LogP contribution in [-0.2, 0) is 14.3 Å². The van der Waals surface area contributed by atoms with E-state index in [-0.39, 0.29) is 5.91 Å². The van der Waals surface area contributed by atoms with Crippen molar-refractivity contribution in [2.75, 3.05) is 40.5 Å². The van der Waals surface area contributed by atoms with Gasteiger partial charge in [-0.2, -0.15) is 5.26 Å². The Balaban J connectivity index is 2.74. The predicted molar refractivity (Wildman–Crippen MR) is 71.5 cm³/mol. The van der Waals surface area contributed by atoms with Crippen molar-refractivity contribution in [3.63, 3.8) is 0 Å². The van der Waals surface area contributed by atoms with Crippen LogP contribution in [0.5, 0.6) is 0 Å². The molecule has 19 heavy (non-hydrogen) atoms. The van der Waals surface area contributed by atoms with Crippen LogP contribution in [0.4, 0.5) is 0 Å². The van der Waals surface area contributed by atoms with Crippen molar-refractivity contribution < 1.29 is 14.3 Å². The summed E-state index contributed by atoms with van der Waals surface area (Å²) in [5.41, 5.74) is -0.820. The van der Waals surface area contributed by atoms with Gasteiger partial charge in [-0.15, -0.1) is 0 Å². The Morgan fingerprint density at radius 3 is 2.11 bits per heavy atom. The van der Waals surface area contributed by atoms with Crippen LogP contribution in [0.3, 0.4) is 0 Å².